The number of hydrogen-bond donors (Lipinski definition) is 2. The molecular weight excluding hydrogens is 324 g/mol. The zero-order valence-electron chi connectivity index (χ0n) is 13.7. The first-order valence-electron chi connectivity index (χ1n) is 8.10. The molecule has 24 heavy (non-hydrogen) atoms. The molecule has 2 aromatic rings. The van der Waals surface area contributed by atoms with Crippen LogP contribution in [-0.2, 0) is 17.3 Å². The number of likely N-dealkylation sites (tertiary alicyclic amines) is 1. The third kappa shape index (κ3) is 3.84. The summed E-state index contributed by atoms with van der Waals surface area (Å²) in [6.07, 6.45) is 8.42. The van der Waals surface area contributed by atoms with Crippen molar-refractivity contribution in [2.75, 3.05) is 12.8 Å². The molecule has 0 spiro atoms. The standard InChI is InChI=1S/C17H22N4O2S/c1-24(23)15-7-5-13(6-8-15)10-18-17(22)21-9-3-2-4-16(21)14-11-19-20-12-14/h5-8,11-12,16H,2-4,9-10H2,1H3,(H,18,22)(H,19,20). The molecular formula is C17H22N4O2S. The van der Waals surface area contributed by atoms with Crippen LogP contribution in [0, 0.1) is 0 Å². The largest absolute Gasteiger partial charge is 0.334 e. The van der Waals surface area contributed by atoms with Gasteiger partial charge in [-0.15, -0.1) is 0 Å². The number of aromatic amines is 1. The molecule has 0 saturated carbocycles. The van der Waals surface area contributed by atoms with Crippen LogP contribution < -0.4 is 5.32 Å². The highest BCUT2D eigenvalue weighted by Crippen LogP contribution is 2.30. The van der Waals surface area contributed by atoms with Gasteiger partial charge in [-0.2, -0.15) is 5.10 Å². The fraction of sp³-hybridized carbons (Fsp3) is 0.412. The molecule has 2 amide bonds. The van der Waals surface area contributed by atoms with Crippen molar-refractivity contribution in [2.45, 2.75) is 36.7 Å². The SMILES string of the molecule is CS(=O)c1ccc(CNC(=O)N2CCCCC2c2cn[nH]c2)cc1. The van der Waals surface area contributed by atoms with E-state index >= 15 is 0 Å². The van der Waals surface area contributed by atoms with Crippen LogP contribution in [0.3, 0.4) is 0 Å². The molecule has 6 nitrogen and oxygen atoms in total. The molecule has 1 aliphatic rings. The van der Waals surface area contributed by atoms with Gasteiger partial charge in [0, 0.05) is 46.8 Å². The predicted molar refractivity (Wildman–Crippen MR) is 92.9 cm³/mol. The number of amides is 2. The van der Waals surface area contributed by atoms with Crippen LogP contribution in [0.4, 0.5) is 4.79 Å². The number of rotatable bonds is 4. The van der Waals surface area contributed by atoms with E-state index in [1.807, 2.05) is 35.4 Å². The molecule has 1 saturated heterocycles. The van der Waals surface area contributed by atoms with E-state index in [4.69, 9.17) is 0 Å². The van der Waals surface area contributed by atoms with Crippen molar-refractivity contribution in [3.8, 4) is 0 Å². The second-order valence-electron chi connectivity index (χ2n) is 5.99. The van der Waals surface area contributed by atoms with Gasteiger partial charge < -0.3 is 10.2 Å². The lowest BCUT2D eigenvalue weighted by Gasteiger charge is -2.35. The van der Waals surface area contributed by atoms with Gasteiger partial charge in [-0.25, -0.2) is 4.79 Å². The average molecular weight is 346 g/mol. The van der Waals surface area contributed by atoms with Crippen LogP contribution in [0.2, 0.25) is 0 Å². The maximum absolute atomic E-state index is 12.6. The first kappa shape index (κ1) is 16.7. The molecule has 1 aromatic carbocycles. The Morgan fingerprint density at radius 1 is 1.38 bits per heavy atom. The molecule has 1 fully saturated rings. The monoisotopic (exact) mass is 346 g/mol. The van der Waals surface area contributed by atoms with Gasteiger partial charge in [0.05, 0.1) is 12.2 Å². The zero-order chi connectivity index (χ0) is 16.9. The Morgan fingerprint density at radius 2 is 2.17 bits per heavy atom. The number of carbonyl (C=O) groups is 1. The molecule has 2 N–H and O–H groups in total. The molecule has 2 heterocycles. The number of nitrogens with zero attached hydrogens (tertiary/aromatic N) is 2. The molecule has 2 atom stereocenters. The summed E-state index contributed by atoms with van der Waals surface area (Å²) >= 11 is 0. The molecule has 2 unspecified atom stereocenters. The molecule has 128 valence electrons. The number of urea groups is 1. The van der Waals surface area contributed by atoms with E-state index in [2.05, 4.69) is 15.5 Å². The smallest absolute Gasteiger partial charge is 0.318 e. The minimum absolute atomic E-state index is 0.0518. The second-order valence-corrected chi connectivity index (χ2v) is 7.37. The molecule has 3 rings (SSSR count). The number of benzene rings is 1. The first-order valence-corrected chi connectivity index (χ1v) is 9.66. The van der Waals surface area contributed by atoms with E-state index < -0.39 is 10.8 Å². The van der Waals surface area contributed by atoms with E-state index in [0.717, 1.165) is 41.8 Å². The fourth-order valence-corrected chi connectivity index (χ4v) is 3.56. The highest BCUT2D eigenvalue weighted by atomic mass is 32.2. The van der Waals surface area contributed by atoms with Gasteiger partial charge in [-0.1, -0.05) is 12.1 Å². The number of carbonyl (C=O) groups excluding carboxylic acids is 1. The molecule has 1 aliphatic heterocycles. The van der Waals surface area contributed by atoms with Gasteiger partial charge in [0.2, 0.25) is 0 Å². The van der Waals surface area contributed by atoms with E-state index in [9.17, 15) is 9.00 Å². The van der Waals surface area contributed by atoms with Crippen molar-refractivity contribution in [3.05, 3.63) is 47.8 Å². The maximum atomic E-state index is 12.6. The van der Waals surface area contributed by atoms with Gasteiger partial charge in [0.15, 0.2) is 0 Å². The van der Waals surface area contributed by atoms with Crippen LogP contribution in [0.15, 0.2) is 41.6 Å². The highest BCUT2D eigenvalue weighted by molar-refractivity contribution is 7.84. The Bertz CT molecular complexity index is 700. The number of H-pyrrole nitrogens is 1. The average Bonchev–Trinajstić information content (AvgIpc) is 3.14. The summed E-state index contributed by atoms with van der Waals surface area (Å²) in [7, 11) is -0.980. The van der Waals surface area contributed by atoms with Gasteiger partial charge in [-0.3, -0.25) is 9.31 Å². The summed E-state index contributed by atoms with van der Waals surface area (Å²) < 4.78 is 11.4. The molecule has 7 heteroatoms. The maximum Gasteiger partial charge on any atom is 0.318 e. The number of aromatic nitrogens is 2. The molecule has 0 aliphatic carbocycles. The number of hydrogen-bond acceptors (Lipinski definition) is 3. The van der Waals surface area contributed by atoms with Crippen LogP contribution in [0.5, 0.6) is 0 Å². The van der Waals surface area contributed by atoms with Crippen LogP contribution in [0.25, 0.3) is 0 Å². The lowest BCUT2D eigenvalue weighted by molar-refractivity contribution is 0.151. The molecule has 1 aromatic heterocycles. The van der Waals surface area contributed by atoms with Crippen molar-refractivity contribution >= 4 is 16.8 Å². The highest BCUT2D eigenvalue weighted by Gasteiger charge is 2.28. The first-order chi connectivity index (χ1) is 11.6. The van der Waals surface area contributed by atoms with Crippen molar-refractivity contribution in [1.82, 2.24) is 20.4 Å². The zero-order valence-corrected chi connectivity index (χ0v) is 14.5. The summed E-state index contributed by atoms with van der Waals surface area (Å²) in [4.78, 5) is 15.3. The Labute approximate surface area is 144 Å². The van der Waals surface area contributed by atoms with Crippen molar-refractivity contribution < 1.29 is 9.00 Å². The van der Waals surface area contributed by atoms with E-state index in [0.29, 0.717) is 6.54 Å². The Hall–Kier alpha value is -2.15. The summed E-state index contributed by atoms with van der Waals surface area (Å²) in [5.41, 5.74) is 2.05. The molecule has 0 bridgehead atoms. The topological polar surface area (TPSA) is 78.1 Å². The fourth-order valence-electron chi connectivity index (χ4n) is 3.04. The van der Waals surface area contributed by atoms with Gasteiger partial charge in [-0.05, 0) is 37.0 Å². The van der Waals surface area contributed by atoms with E-state index in [-0.39, 0.29) is 12.1 Å². The number of nitrogens with one attached hydrogen (secondary N) is 2. The Kier molecular flexibility index (Phi) is 5.30. The van der Waals surface area contributed by atoms with Crippen LogP contribution >= 0.6 is 0 Å². The lowest BCUT2D eigenvalue weighted by Crippen LogP contribution is -2.44. The summed E-state index contributed by atoms with van der Waals surface area (Å²) in [6.45, 7) is 1.22. The lowest BCUT2D eigenvalue weighted by atomic mass is 9.98. The van der Waals surface area contributed by atoms with Gasteiger partial charge in [0.25, 0.3) is 0 Å². The minimum atomic E-state index is -0.980. The van der Waals surface area contributed by atoms with Crippen LogP contribution in [0.1, 0.15) is 36.4 Å². The van der Waals surface area contributed by atoms with Crippen molar-refractivity contribution in [3.63, 3.8) is 0 Å². The third-order valence-electron chi connectivity index (χ3n) is 4.37. The summed E-state index contributed by atoms with van der Waals surface area (Å²) in [5.74, 6) is 0. The summed E-state index contributed by atoms with van der Waals surface area (Å²) in [5, 5.41) is 9.81. The Balaban J connectivity index is 1.62. The van der Waals surface area contributed by atoms with Crippen molar-refractivity contribution in [2.24, 2.45) is 0 Å². The van der Waals surface area contributed by atoms with Crippen LogP contribution in [-0.4, -0.2) is 38.1 Å². The van der Waals surface area contributed by atoms with Gasteiger partial charge in [0.1, 0.15) is 0 Å². The number of piperidine rings is 1. The van der Waals surface area contributed by atoms with E-state index in [1.54, 1.807) is 12.5 Å². The Morgan fingerprint density at radius 3 is 2.83 bits per heavy atom. The van der Waals surface area contributed by atoms with Crippen molar-refractivity contribution in [1.29, 1.82) is 0 Å². The molecule has 0 radical (unpaired) electrons. The second kappa shape index (κ2) is 7.61. The normalized spacial score (nSPS) is 19.0. The predicted octanol–water partition coefficient (Wildman–Crippen LogP) is 2.58. The van der Waals surface area contributed by atoms with E-state index in [1.165, 1.54) is 0 Å². The third-order valence-corrected chi connectivity index (χ3v) is 5.30. The summed E-state index contributed by atoms with van der Waals surface area (Å²) in [6, 6.07) is 7.52. The minimum Gasteiger partial charge on any atom is -0.334 e. The van der Waals surface area contributed by atoms with Gasteiger partial charge >= 0.3 is 6.03 Å². The quantitative estimate of drug-likeness (QED) is 0.893.